The molecule has 1 saturated heterocycles. The van der Waals surface area contributed by atoms with Gasteiger partial charge in [-0.1, -0.05) is 0 Å². The van der Waals surface area contributed by atoms with Crippen molar-refractivity contribution in [1.29, 1.82) is 0 Å². The van der Waals surface area contributed by atoms with Crippen LogP contribution < -0.4 is 5.32 Å². The molecule has 0 spiro atoms. The summed E-state index contributed by atoms with van der Waals surface area (Å²) in [4.78, 5) is 1.84. The molecule has 1 rings (SSSR count). The first-order chi connectivity index (χ1) is 6.88. The summed E-state index contributed by atoms with van der Waals surface area (Å²) >= 11 is 0. The lowest BCUT2D eigenvalue weighted by Crippen LogP contribution is -2.46. The molecule has 0 radical (unpaired) electrons. The van der Waals surface area contributed by atoms with Gasteiger partial charge in [-0.3, -0.25) is 0 Å². The van der Waals surface area contributed by atoms with Crippen molar-refractivity contribution in [3.8, 4) is 0 Å². The van der Waals surface area contributed by atoms with Gasteiger partial charge in [-0.15, -0.1) is 0 Å². The van der Waals surface area contributed by atoms with Gasteiger partial charge >= 0.3 is 6.18 Å². The van der Waals surface area contributed by atoms with Crippen molar-refractivity contribution in [2.24, 2.45) is 0 Å². The van der Waals surface area contributed by atoms with Crippen LogP contribution >= 0.6 is 0 Å². The van der Waals surface area contributed by atoms with Gasteiger partial charge in [0.25, 0.3) is 0 Å². The summed E-state index contributed by atoms with van der Waals surface area (Å²) in [7, 11) is 1.79. The van der Waals surface area contributed by atoms with Crippen molar-refractivity contribution >= 4 is 0 Å². The number of piperidine rings is 1. The lowest BCUT2D eigenvalue weighted by molar-refractivity contribution is -0.138. The predicted molar refractivity (Wildman–Crippen MR) is 53.8 cm³/mol. The van der Waals surface area contributed by atoms with Crippen molar-refractivity contribution in [2.45, 2.75) is 44.4 Å². The highest BCUT2D eigenvalue weighted by atomic mass is 19.4. The zero-order chi connectivity index (χ0) is 11.5. The molecular formula is C10H19F3N2. The van der Waals surface area contributed by atoms with Crippen molar-refractivity contribution < 1.29 is 13.2 Å². The van der Waals surface area contributed by atoms with E-state index in [4.69, 9.17) is 0 Å². The van der Waals surface area contributed by atoms with E-state index < -0.39 is 12.6 Å². The molecule has 2 nitrogen and oxygen atoms in total. The van der Waals surface area contributed by atoms with Crippen LogP contribution in [0.5, 0.6) is 0 Å². The number of alkyl halides is 3. The molecular weight excluding hydrogens is 205 g/mol. The second-order valence-electron chi connectivity index (χ2n) is 4.38. The second-order valence-corrected chi connectivity index (χ2v) is 4.38. The first-order valence-corrected chi connectivity index (χ1v) is 5.39. The second kappa shape index (κ2) is 5.16. The third kappa shape index (κ3) is 4.84. The molecule has 1 fully saturated rings. The van der Waals surface area contributed by atoms with Crippen LogP contribution in [0.15, 0.2) is 0 Å². The standard InChI is InChI=1S/C10H19F3N2/c1-8-7-9(3-5-14-8)15(2)6-4-10(11,12)13/h8-9,14H,3-7H2,1-2H3. The highest BCUT2D eigenvalue weighted by molar-refractivity contribution is 4.81. The van der Waals surface area contributed by atoms with Gasteiger partial charge in [-0.2, -0.15) is 13.2 Å². The molecule has 0 amide bonds. The molecule has 1 heterocycles. The summed E-state index contributed by atoms with van der Waals surface area (Å²) in [6.07, 6.45) is -2.86. The zero-order valence-corrected chi connectivity index (χ0v) is 9.27. The summed E-state index contributed by atoms with van der Waals surface area (Å²) < 4.78 is 36.1. The monoisotopic (exact) mass is 224 g/mol. The van der Waals surface area contributed by atoms with Crippen LogP contribution in [0.25, 0.3) is 0 Å². The number of rotatable bonds is 3. The molecule has 2 unspecified atom stereocenters. The Morgan fingerprint density at radius 2 is 2.07 bits per heavy atom. The Bertz CT molecular complexity index is 194. The summed E-state index contributed by atoms with van der Waals surface area (Å²) in [5.41, 5.74) is 0. The van der Waals surface area contributed by atoms with Crippen molar-refractivity contribution in [2.75, 3.05) is 20.1 Å². The Hall–Kier alpha value is -0.290. The smallest absolute Gasteiger partial charge is 0.314 e. The normalized spacial score (nSPS) is 28.4. The van der Waals surface area contributed by atoms with Crippen LogP contribution in [-0.2, 0) is 0 Å². The molecule has 0 aromatic rings. The van der Waals surface area contributed by atoms with Crippen LogP contribution in [0.4, 0.5) is 13.2 Å². The fraction of sp³-hybridized carbons (Fsp3) is 1.00. The minimum Gasteiger partial charge on any atom is -0.314 e. The van der Waals surface area contributed by atoms with Gasteiger partial charge in [0.1, 0.15) is 0 Å². The minimum atomic E-state index is -4.03. The third-order valence-electron chi connectivity index (χ3n) is 2.97. The zero-order valence-electron chi connectivity index (χ0n) is 9.27. The Morgan fingerprint density at radius 1 is 1.40 bits per heavy atom. The first kappa shape index (κ1) is 12.8. The molecule has 0 aliphatic carbocycles. The Balaban J connectivity index is 2.29. The molecule has 1 N–H and O–H groups in total. The molecule has 0 aromatic carbocycles. The summed E-state index contributed by atoms with van der Waals surface area (Å²) in [6.45, 7) is 3.09. The van der Waals surface area contributed by atoms with Crippen LogP contribution in [0, 0.1) is 0 Å². The Kier molecular flexibility index (Phi) is 4.40. The molecule has 1 aliphatic heterocycles. The minimum absolute atomic E-state index is 0.112. The largest absolute Gasteiger partial charge is 0.390 e. The first-order valence-electron chi connectivity index (χ1n) is 5.39. The maximum absolute atomic E-state index is 12.0. The lowest BCUT2D eigenvalue weighted by Gasteiger charge is -2.34. The molecule has 15 heavy (non-hydrogen) atoms. The fourth-order valence-electron chi connectivity index (χ4n) is 1.99. The quantitative estimate of drug-likeness (QED) is 0.789. The number of hydrogen-bond donors (Lipinski definition) is 1. The van der Waals surface area contributed by atoms with Gasteiger partial charge in [-0.25, -0.2) is 0 Å². The van der Waals surface area contributed by atoms with E-state index in [9.17, 15) is 13.2 Å². The summed E-state index contributed by atoms with van der Waals surface area (Å²) in [5, 5.41) is 3.29. The predicted octanol–water partition coefficient (Wildman–Crippen LogP) is 2.01. The summed E-state index contributed by atoms with van der Waals surface area (Å²) in [5.74, 6) is 0. The summed E-state index contributed by atoms with van der Waals surface area (Å²) in [6, 6.07) is 0.709. The number of hydrogen-bond acceptors (Lipinski definition) is 2. The fourth-order valence-corrected chi connectivity index (χ4v) is 1.99. The van der Waals surface area contributed by atoms with Crippen LogP contribution in [0.3, 0.4) is 0 Å². The number of halogens is 3. The van der Waals surface area contributed by atoms with Crippen molar-refractivity contribution in [3.05, 3.63) is 0 Å². The lowest BCUT2D eigenvalue weighted by atomic mass is 9.99. The van der Waals surface area contributed by atoms with E-state index in [1.807, 2.05) is 4.90 Å². The average Bonchev–Trinajstić information content (AvgIpc) is 2.13. The van der Waals surface area contributed by atoms with Crippen LogP contribution in [0.1, 0.15) is 26.2 Å². The topological polar surface area (TPSA) is 15.3 Å². The Labute approximate surface area is 88.8 Å². The number of nitrogens with zero attached hydrogens (tertiary/aromatic N) is 1. The van der Waals surface area contributed by atoms with E-state index in [0.29, 0.717) is 12.1 Å². The van der Waals surface area contributed by atoms with Gasteiger partial charge in [0, 0.05) is 18.6 Å². The van der Waals surface area contributed by atoms with Gasteiger partial charge in [0.2, 0.25) is 0 Å². The van der Waals surface area contributed by atoms with E-state index in [-0.39, 0.29) is 6.54 Å². The van der Waals surface area contributed by atoms with E-state index in [1.165, 1.54) is 0 Å². The maximum atomic E-state index is 12.0. The molecule has 0 aromatic heterocycles. The van der Waals surface area contributed by atoms with E-state index in [2.05, 4.69) is 12.2 Å². The highest BCUT2D eigenvalue weighted by Gasteiger charge is 2.29. The molecule has 0 bridgehead atoms. The highest BCUT2D eigenvalue weighted by Crippen LogP contribution is 2.21. The van der Waals surface area contributed by atoms with E-state index >= 15 is 0 Å². The number of nitrogens with one attached hydrogen (secondary N) is 1. The van der Waals surface area contributed by atoms with Gasteiger partial charge in [-0.05, 0) is 33.4 Å². The van der Waals surface area contributed by atoms with E-state index in [0.717, 1.165) is 19.4 Å². The van der Waals surface area contributed by atoms with Crippen LogP contribution in [0.2, 0.25) is 0 Å². The van der Waals surface area contributed by atoms with Gasteiger partial charge < -0.3 is 10.2 Å². The SMILES string of the molecule is CC1CC(N(C)CCC(F)(F)F)CCN1. The Morgan fingerprint density at radius 3 is 2.60 bits per heavy atom. The third-order valence-corrected chi connectivity index (χ3v) is 2.97. The van der Waals surface area contributed by atoms with Crippen molar-refractivity contribution in [1.82, 2.24) is 10.2 Å². The van der Waals surface area contributed by atoms with Gasteiger partial charge in [0.05, 0.1) is 6.42 Å². The van der Waals surface area contributed by atoms with Gasteiger partial charge in [0.15, 0.2) is 0 Å². The molecule has 90 valence electrons. The van der Waals surface area contributed by atoms with Crippen LogP contribution in [-0.4, -0.2) is 43.3 Å². The van der Waals surface area contributed by atoms with Crippen molar-refractivity contribution in [3.63, 3.8) is 0 Å². The molecule has 5 heteroatoms. The maximum Gasteiger partial charge on any atom is 0.390 e. The average molecular weight is 224 g/mol. The molecule has 0 saturated carbocycles. The molecule has 2 atom stereocenters. The molecule has 1 aliphatic rings. The van der Waals surface area contributed by atoms with E-state index in [1.54, 1.807) is 7.05 Å².